The highest BCUT2D eigenvalue weighted by atomic mass is 32.2. The highest BCUT2D eigenvalue weighted by Gasteiger charge is 2.30. The molecule has 0 fully saturated rings. The fourth-order valence-electron chi connectivity index (χ4n) is 2.52. The Morgan fingerprint density at radius 3 is 2.28 bits per heavy atom. The molecule has 2 aromatic carbocycles. The first-order valence-corrected chi connectivity index (χ1v) is 9.57. The molecule has 1 atom stereocenters. The topological polar surface area (TPSA) is 66.5 Å². The average Bonchev–Trinajstić information content (AvgIpc) is 2.51. The van der Waals surface area contributed by atoms with Crippen molar-refractivity contribution in [1.29, 1.82) is 0 Å². The van der Waals surface area contributed by atoms with Crippen molar-refractivity contribution in [3.05, 3.63) is 59.4 Å². The Labute approximate surface area is 147 Å². The van der Waals surface area contributed by atoms with Gasteiger partial charge in [-0.05, 0) is 62.2 Å². The van der Waals surface area contributed by atoms with Gasteiger partial charge in [-0.1, -0.05) is 12.1 Å². The van der Waals surface area contributed by atoms with Crippen molar-refractivity contribution in [2.75, 3.05) is 15.9 Å². The van der Waals surface area contributed by atoms with Gasteiger partial charge in [0.1, 0.15) is 11.9 Å². The Balaban J connectivity index is 2.36. The number of aryl methyl sites for hydroxylation is 2. The molecule has 0 bridgehead atoms. The number of nitrogens with one attached hydrogen (secondary N) is 1. The zero-order valence-corrected chi connectivity index (χ0v) is 15.4. The van der Waals surface area contributed by atoms with Crippen LogP contribution < -0.4 is 9.62 Å². The molecule has 134 valence electrons. The molecule has 0 aromatic heterocycles. The largest absolute Gasteiger partial charge is 0.324 e. The second kappa shape index (κ2) is 7.23. The maximum Gasteiger partial charge on any atom is 0.247 e. The molecule has 0 spiro atoms. The van der Waals surface area contributed by atoms with Gasteiger partial charge in [0.25, 0.3) is 0 Å². The van der Waals surface area contributed by atoms with E-state index in [-0.39, 0.29) is 0 Å². The molecule has 0 heterocycles. The van der Waals surface area contributed by atoms with Crippen molar-refractivity contribution in [1.82, 2.24) is 0 Å². The molecule has 1 N–H and O–H groups in total. The predicted octanol–water partition coefficient (Wildman–Crippen LogP) is 3.24. The Morgan fingerprint density at radius 2 is 1.72 bits per heavy atom. The highest BCUT2D eigenvalue weighted by Crippen LogP contribution is 2.26. The summed E-state index contributed by atoms with van der Waals surface area (Å²) in [6, 6.07) is 9.73. The van der Waals surface area contributed by atoms with Gasteiger partial charge in [0, 0.05) is 5.69 Å². The van der Waals surface area contributed by atoms with E-state index in [9.17, 15) is 17.6 Å². The van der Waals surface area contributed by atoms with E-state index in [1.165, 1.54) is 31.2 Å². The van der Waals surface area contributed by atoms with Crippen molar-refractivity contribution in [2.45, 2.75) is 26.8 Å². The quantitative estimate of drug-likeness (QED) is 0.886. The summed E-state index contributed by atoms with van der Waals surface area (Å²) in [5, 5.41) is 2.61. The van der Waals surface area contributed by atoms with Gasteiger partial charge >= 0.3 is 0 Å². The molecule has 0 aliphatic heterocycles. The Kier molecular flexibility index (Phi) is 5.47. The van der Waals surface area contributed by atoms with Gasteiger partial charge in [0.05, 0.1) is 11.9 Å². The summed E-state index contributed by atoms with van der Waals surface area (Å²) < 4.78 is 38.7. The van der Waals surface area contributed by atoms with Crippen LogP contribution in [0.25, 0.3) is 0 Å². The first kappa shape index (κ1) is 18.9. The van der Waals surface area contributed by atoms with Gasteiger partial charge in [0.2, 0.25) is 15.9 Å². The third kappa shape index (κ3) is 4.57. The van der Waals surface area contributed by atoms with Gasteiger partial charge in [-0.2, -0.15) is 0 Å². The minimum atomic E-state index is -3.69. The summed E-state index contributed by atoms with van der Waals surface area (Å²) in [5.41, 5.74) is 2.50. The molecule has 1 amide bonds. The van der Waals surface area contributed by atoms with Crippen molar-refractivity contribution in [3.8, 4) is 0 Å². The molecule has 0 radical (unpaired) electrons. The number of benzene rings is 2. The number of halogens is 1. The minimum absolute atomic E-state index is 0.396. The molecule has 0 aliphatic carbocycles. The number of anilines is 2. The first-order valence-electron chi connectivity index (χ1n) is 7.72. The van der Waals surface area contributed by atoms with E-state index in [0.29, 0.717) is 11.4 Å². The number of hydrogen-bond acceptors (Lipinski definition) is 3. The van der Waals surface area contributed by atoms with Crippen LogP contribution >= 0.6 is 0 Å². The summed E-state index contributed by atoms with van der Waals surface area (Å²) >= 11 is 0. The Morgan fingerprint density at radius 1 is 1.12 bits per heavy atom. The van der Waals surface area contributed by atoms with Gasteiger partial charge in [0.15, 0.2) is 0 Å². The molecule has 2 aromatic rings. The van der Waals surface area contributed by atoms with E-state index in [1.54, 1.807) is 13.0 Å². The maximum absolute atomic E-state index is 13.0. The van der Waals surface area contributed by atoms with Gasteiger partial charge < -0.3 is 5.32 Å². The van der Waals surface area contributed by atoms with Crippen LogP contribution in [0.15, 0.2) is 42.5 Å². The van der Waals surface area contributed by atoms with Crippen LogP contribution in [0.2, 0.25) is 0 Å². The molecule has 2 rings (SSSR count). The lowest BCUT2D eigenvalue weighted by Gasteiger charge is -2.29. The van der Waals surface area contributed by atoms with Crippen LogP contribution in [0.4, 0.5) is 15.8 Å². The van der Waals surface area contributed by atoms with E-state index in [1.807, 2.05) is 19.1 Å². The number of sulfonamides is 1. The third-order valence-corrected chi connectivity index (χ3v) is 5.03. The summed E-state index contributed by atoms with van der Waals surface area (Å²) in [6.07, 6.45) is 1.07. The lowest BCUT2D eigenvalue weighted by atomic mass is 10.1. The van der Waals surface area contributed by atoms with E-state index >= 15 is 0 Å². The molecule has 7 heteroatoms. The van der Waals surface area contributed by atoms with Crippen molar-refractivity contribution >= 4 is 27.3 Å². The second-order valence-electron chi connectivity index (χ2n) is 6.02. The van der Waals surface area contributed by atoms with E-state index in [4.69, 9.17) is 0 Å². The summed E-state index contributed by atoms with van der Waals surface area (Å²) in [4.78, 5) is 12.5. The Bertz CT molecular complexity index is 880. The third-order valence-electron chi connectivity index (χ3n) is 3.80. The van der Waals surface area contributed by atoms with Crippen LogP contribution in [0.1, 0.15) is 18.1 Å². The number of hydrogen-bond donors (Lipinski definition) is 1. The average molecular weight is 364 g/mol. The number of amides is 1. The number of carbonyl (C=O) groups excluding carboxylic acids is 1. The molecule has 25 heavy (non-hydrogen) atoms. The van der Waals surface area contributed by atoms with Crippen LogP contribution in [0.5, 0.6) is 0 Å². The second-order valence-corrected chi connectivity index (χ2v) is 7.88. The molecular weight excluding hydrogens is 343 g/mol. The molecule has 0 saturated heterocycles. The molecular formula is C18H21FN2O3S. The summed E-state index contributed by atoms with van der Waals surface area (Å²) in [5.74, 6) is -0.919. The maximum atomic E-state index is 13.0. The normalized spacial score (nSPS) is 12.5. The van der Waals surface area contributed by atoms with Crippen molar-refractivity contribution in [2.24, 2.45) is 0 Å². The molecule has 0 aliphatic rings. The highest BCUT2D eigenvalue weighted by molar-refractivity contribution is 7.92. The minimum Gasteiger partial charge on any atom is -0.324 e. The fraction of sp³-hybridized carbons (Fsp3) is 0.278. The summed E-state index contributed by atoms with van der Waals surface area (Å²) in [7, 11) is -3.69. The lowest BCUT2D eigenvalue weighted by molar-refractivity contribution is -0.116. The van der Waals surface area contributed by atoms with Crippen LogP contribution in [0, 0.1) is 19.7 Å². The molecule has 0 saturated carbocycles. The SMILES string of the molecule is Cc1ccc(C)c(N([C@@H](C)C(=O)Nc2ccc(F)cc2)S(C)(=O)=O)c1. The van der Waals surface area contributed by atoms with E-state index in [2.05, 4.69) is 5.32 Å². The lowest BCUT2D eigenvalue weighted by Crippen LogP contribution is -2.45. The zero-order valence-electron chi connectivity index (χ0n) is 14.6. The van der Waals surface area contributed by atoms with Gasteiger partial charge in [-0.25, -0.2) is 12.8 Å². The first-order chi connectivity index (χ1) is 11.6. The van der Waals surface area contributed by atoms with Gasteiger partial charge in [-0.3, -0.25) is 9.10 Å². The van der Waals surface area contributed by atoms with Gasteiger partial charge in [-0.15, -0.1) is 0 Å². The van der Waals surface area contributed by atoms with Crippen LogP contribution in [-0.2, 0) is 14.8 Å². The standard InChI is InChI=1S/C18H21FN2O3S/c1-12-5-6-13(2)17(11-12)21(25(4,23)24)14(3)18(22)20-16-9-7-15(19)8-10-16/h5-11,14H,1-4H3,(H,20,22)/t14-/m0/s1. The number of nitrogens with zero attached hydrogens (tertiary/aromatic N) is 1. The van der Waals surface area contributed by atoms with E-state index in [0.717, 1.165) is 21.7 Å². The number of carbonyl (C=O) groups is 1. The molecule has 5 nitrogen and oxygen atoms in total. The van der Waals surface area contributed by atoms with Crippen LogP contribution in [0.3, 0.4) is 0 Å². The monoisotopic (exact) mass is 364 g/mol. The van der Waals surface area contributed by atoms with Crippen molar-refractivity contribution in [3.63, 3.8) is 0 Å². The van der Waals surface area contributed by atoms with Crippen molar-refractivity contribution < 1.29 is 17.6 Å². The Hall–Kier alpha value is -2.41. The smallest absolute Gasteiger partial charge is 0.247 e. The van der Waals surface area contributed by atoms with Crippen LogP contribution in [-0.4, -0.2) is 26.6 Å². The predicted molar refractivity (Wildman–Crippen MR) is 97.7 cm³/mol. The fourth-order valence-corrected chi connectivity index (χ4v) is 3.74. The molecule has 0 unspecified atom stereocenters. The number of rotatable bonds is 5. The van der Waals surface area contributed by atoms with E-state index < -0.39 is 27.8 Å². The summed E-state index contributed by atoms with van der Waals surface area (Å²) in [6.45, 7) is 5.16. The zero-order chi connectivity index (χ0) is 18.8.